The molecule has 0 fully saturated rings. The lowest BCUT2D eigenvalue weighted by molar-refractivity contribution is 0.306. The standard InChI is InChI=1S/C15H15ClN4O/c16-13-6-7-14(12(8-13)9-19-20-15(17)18)21-10-11-4-2-1-3-5-11/h1-9H,10H2,(H4,17,18,20). The first kappa shape index (κ1) is 14.9. The molecule has 0 heterocycles. The smallest absolute Gasteiger partial charge is 0.211 e. The lowest BCUT2D eigenvalue weighted by Crippen LogP contribution is -2.21. The summed E-state index contributed by atoms with van der Waals surface area (Å²) in [7, 11) is 0. The fourth-order valence-corrected chi connectivity index (χ4v) is 1.83. The molecular formula is C15H15ClN4O. The molecule has 108 valence electrons. The summed E-state index contributed by atoms with van der Waals surface area (Å²) in [5.74, 6) is 0.540. The van der Waals surface area contributed by atoms with Crippen LogP contribution in [-0.4, -0.2) is 12.2 Å². The minimum absolute atomic E-state index is 0.111. The Labute approximate surface area is 127 Å². The summed E-state index contributed by atoms with van der Waals surface area (Å²) in [6, 6.07) is 15.1. The molecule has 0 saturated carbocycles. The van der Waals surface area contributed by atoms with E-state index in [1.165, 1.54) is 6.21 Å². The lowest BCUT2D eigenvalue weighted by atomic mass is 10.2. The Morgan fingerprint density at radius 3 is 2.62 bits per heavy atom. The SMILES string of the molecule is NC(N)=NN=Cc1cc(Cl)ccc1OCc1ccccc1. The van der Waals surface area contributed by atoms with E-state index in [-0.39, 0.29) is 5.96 Å². The third kappa shape index (κ3) is 4.81. The summed E-state index contributed by atoms with van der Waals surface area (Å²) >= 11 is 5.97. The fourth-order valence-electron chi connectivity index (χ4n) is 1.64. The number of guanidine groups is 1. The zero-order chi connectivity index (χ0) is 15.1. The normalized spacial score (nSPS) is 10.5. The Kier molecular flexibility index (Phi) is 5.17. The number of benzene rings is 2. The van der Waals surface area contributed by atoms with Gasteiger partial charge < -0.3 is 16.2 Å². The van der Waals surface area contributed by atoms with E-state index in [4.69, 9.17) is 27.8 Å². The predicted octanol–water partition coefficient (Wildman–Crippen LogP) is 2.53. The van der Waals surface area contributed by atoms with Gasteiger partial charge in [0.05, 0.1) is 6.21 Å². The van der Waals surface area contributed by atoms with Crippen molar-refractivity contribution in [2.75, 3.05) is 0 Å². The van der Waals surface area contributed by atoms with Crippen molar-refractivity contribution in [2.24, 2.45) is 21.7 Å². The average Bonchev–Trinajstić information content (AvgIpc) is 2.47. The van der Waals surface area contributed by atoms with E-state index < -0.39 is 0 Å². The molecule has 0 aliphatic carbocycles. The van der Waals surface area contributed by atoms with Crippen molar-refractivity contribution in [3.05, 3.63) is 64.7 Å². The minimum atomic E-state index is -0.111. The van der Waals surface area contributed by atoms with Crippen LogP contribution in [0.25, 0.3) is 0 Å². The first-order valence-corrected chi connectivity index (χ1v) is 6.61. The minimum Gasteiger partial charge on any atom is -0.488 e. The van der Waals surface area contributed by atoms with Crippen molar-refractivity contribution in [1.29, 1.82) is 0 Å². The number of nitrogens with two attached hydrogens (primary N) is 2. The van der Waals surface area contributed by atoms with Crippen molar-refractivity contribution in [3.63, 3.8) is 0 Å². The molecule has 0 radical (unpaired) electrons. The number of halogens is 1. The molecule has 6 heteroatoms. The Hall–Kier alpha value is -2.53. The maximum absolute atomic E-state index is 5.97. The summed E-state index contributed by atoms with van der Waals surface area (Å²) in [6.45, 7) is 0.450. The molecule has 2 aromatic rings. The molecule has 0 spiro atoms. The van der Waals surface area contributed by atoms with E-state index in [0.29, 0.717) is 22.9 Å². The molecule has 0 aliphatic rings. The van der Waals surface area contributed by atoms with Gasteiger partial charge in [0.2, 0.25) is 5.96 Å². The van der Waals surface area contributed by atoms with Crippen LogP contribution in [0.15, 0.2) is 58.7 Å². The van der Waals surface area contributed by atoms with E-state index in [1.807, 2.05) is 30.3 Å². The van der Waals surface area contributed by atoms with Crippen LogP contribution in [0.3, 0.4) is 0 Å². The van der Waals surface area contributed by atoms with Gasteiger partial charge >= 0.3 is 0 Å². The van der Waals surface area contributed by atoms with Crippen LogP contribution in [0.1, 0.15) is 11.1 Å². The molecule has 0 saturated heterocycles. The first-order valence-electron chi connectivity index (χ1n) is 6.23. The van der Waals surface area contributed by atoms with Crippen LogP contribution in [0.2, 0.25) is 5.02 Å². The topological polar surface area (TPSA) is 86.0 Å². The zero-order valence-corrected chi connectivity index (χ0v) is 12.0. The molecule has 2 aromatic carbocycles. The fraction of sp³-hybridized carbons (Fsp3) is 0.0667. The van der Waals surface area contributed by atoms with Crippen LogP contribution >= 0.6 is 11.6 Å². The van der Waals surface area contributed by atoms with Crippen LogP contribution in [0.5, 0.6) is 5.75 Å². The van der Waals surface area contributed by atoms with Gasteiger partial charge in [-0.2, -0.15) is 5.10 Å². The van der Waals surface area contributed by atoms with Crippen molar-refractivity contribution in [2.45, 2.75) is 6.61 Å². The number of hydrogen-bond acceptors (Lipinski definition) is 3. The number of rotatable bonds is 5. The maximum atomic E-state index is 5.97. The van der Waals surface area contributed by atoms with Crippen molar-refractivity contribution >= 4 is 23.8 Å². The molecule has 4 N–H and O–H groups in total. The quantitative estimate of drug-likeness (QED) is 0.505. The van der Waals surface area contributed by atoms with Crippen molar-refractivity contribution in [1.82, 2.24) is 0 Å². The second kappa shape index (κ2) is 7.31. The van der Waals surface area contributed by atoms with Crippen molar-refractivity contribution < 1.29 is 4.74 Å². The summed E-state index contributed by atoms with van der Waals surface area (Å²) in [4.78, 5) is 0. The molecule has 0 amide bonds. The van der Waals surface area contributed by atoms with Crippen LogP contribution in [-0.2, 0) is 6.61 Å². The van der Waals surface area contributed by atoms with Gasteiger partial charge in [-0.05, 0) is 23.8 Å². The molecule has 21 heavy (non-hydrogen) atoms. The van der Waals surface area contributed by atoms with Crippen LogP contribution < -0.4 is 16.2 Å². The highest BCUT2D eigenvalue weighted by atomic mass is 35.5. The van der Waals surface area contributed by atoms with Crippen LogP contribution in [0, 0.1) is 0 Å². The number of hydrogen-bond donors (Lipinski definition) is 2. The summed E-state index contributed by atoms with van der Waals surface area (Å²) in [5, 5.41) is 7.90. The number of nitrogens with zero attached hydrogens (tertiary/aromatic N) is 2. The van der Waals surface area contributed by atoms with Gasteiger partial charge in [-0.3, -0.25) is 0 Å². The number of ether oxygens (including phenoxy) is 1. The van der Waals surface area contributed by atoms with Gasteiger partial charge in [-0.1, -0.05) is 41.9 Å². The van der Waals surface area contributed by atoms with Gasteiger partial charge in [0.1, 0.15) is 12.4 Å². The molecule has 0 atom stereocenters. The molecule has 0 aliphatic heterocycles. The summed E-state index contributed by atoms with van der Waals surface area (Å²) in [5.41, 5.74) is 12.2. The lowest BCUT2D eigenvalue weighted by Gasteiger charge is -2.09. The van der Waals surface area contributed by atoms with E-state index in [9.17, 15) is 0 Å². The highest BCUT2D eigenvalue weighted by molar-refractivity contribution is 6.30. The Morgan fingerprint density at radius 1 is 1.14 bits per heavy atom. The monoisotopic (exact) mass is 302 g/mol. The molecule has 5 nitrogen and oxygen atoms in total. The largest absolute Gasteiger partial charge is 0.488 e. The Morgan fingerprint density at radius 2 is 1.90 bits per heavy atom. The molecule has 2 rings (SSSR count). The molecule has 0 aromatic heterocycles. The first-order chi connectivity index (χ1) is 10.1. The van der Waals surface area contributed by atoms with Gasteiger partial charge in [0.25, 0.3) is 0 Å². The van der Waals surface area contributed by atoms with Gasteiger partial charge in [0, 0.05) is 10.6 Å². The van der Waals surface area contributed by atoms with Crippen molar-refractivity contribution in [3.8, 4) is 5.75 Å². The Balaban J connectivity index is 2.15. The third-order valence-electron chi connectivity index (χ3n) is 2.58. The second-order valence-electron chi connectivity index (χ2n) is 4.23. The van der Waals surface area contributed by atoms with E-state index in [1.54, 1.807) is 18.2 Å². The molecule has 0 unspecified atom stereocenters. The van der Waals surface area contributed by atoms with E-state index in [0.717, 1.165) is 5.56 Å². The predicted molar refractivity (Wildman–Crippen MR) is 85.6 cm³/mol. The zero-order valence-electron chi connectivity index (χ0n) is 11.2. The van der Waals surface area contributed by atoms with Gasteiger partial charge in [-0.25, -0.2) is 0 Å². The second-order valence-corrected chi connectivity index (χ2v) is 4.66. The maximum Gasteiger partial charge on any atom is 0.211 e. The highest BCUT2D eigenvalue weighted by Crippen LogP contribution is 2.22. The molecule has 0 bridgehead atoms. The Bertz CT molecular complexity index is 652. The van der Waals surface area contributed by atoms with Gasteiger partial charge in [0.15, 0.2) is 0 Å². The molecular weight excluding hydrogens is 288 g/mol. The van der Waals surface area contributed by atoms with E-state index in [2.05, 4.69) is 10.2 Å². The average molecular weight is 303 g/mol. The highest BCUT2D eigenvalue weighted by Gasteiger charge is 2.03. The van der Waals surface area contributed by atoms with Crippen LogP contribution in [0.4, 0.5) is 0 Å². The van der Waals surface area contributed by atoms with E-state index >= 15 is 0 Å². The van der Waals surface area contributed by atoms with Gasteiger partial charge in [-0.15, -0.1) is 5.10 Å². The third-order valence-corrected chi connectivity index (χ3v) is 2.81. The summed E-state index contributed by atoms with van der Waals surface area (Å²) < 4.78 is 5.77. The summed E-state index contributed by atoms with van der Waals surface area (Å²) in [6.07, 6.45) is 1.49.